The first-order valence-electron chi connectivity index (χ1n) is 33.0. The molecule has 4 heteroatoms. The normalized spacial score (nSPS) is 11.5. The summed E-state index contributed by atoms with van der Waals surface area (Å²) in [6.07, 6.45) is 80.8. The third kappa shape index (κ3) is 63.1. The van der Waals surface area contributed by atoms with Gasteiger partial charge in [-0.2, -0.15) is 0 Å². The topological polar surface area (TPSA) is 52.6 Å². The van der Waals surface area contributed by atoms with Crippen molar-refractivity contribution >= 4 is 11.9 Å². The molecule has 0 aliphatic heterocycles. The third-order valence-corrected chi connectivity index (χ3v) is 15.5. The highest BCUT2D eigenvalue weighted by Gasteiger charge is 2.07. The number of carbonyl (C=O) groups is 2. The fourth-order valence-electron chi connectivity index (χ4n) is 10.6. The molecule has 0 aromatic rings. The first-order chi connectivity index (χ1) is 34.7. The van der Waals surface area contributed by atoms with Crippen LogP contribution in [-0.4, -0.2) is 25.2 Å². The van der Waals surface area contributed by atoms with Crippen molar-refractivity contribution in [1.29, 1.82) is 0 Å². The van der Waals surface area contributed by atoms with Crippen molar-refractivity contribution in [2.24, 2.45) is 0 Å². The van der Waals surface area contributed by atoms with Gasteiger partial charge in [-0.25, -0.2) is 0 Å². The highest BCUT2D eigenvalue weighted by Crippen LogP contribution is 2.19. The lowest BCUT2D eigenvalue weighted by molar-refractivity contribution is -0.146. The van der Waals surface area contributed by atoms with Crippen molar-refractivity contribution < 1.29 is 19.1 Å². The molecule has 0 N–H and O–H groups in total. The Kier molecular flexibility index (Phi) is 63.1. The average molecular weight is 988 g/mol. The van der Waals surface area contributed by atoms with Gasteiger partial charge in [0.05, 0.1) is 13.2 Å². The minimum atomic E-state index is -0.116. The Morgan fingerprint density at radius 1 is 0.186 bits per heavy atom. The fourth-order valence-corrected chi connectivity index (χ4v) is 10.6. The Hall–Kier alpha value is -1.06. The molecule has 418 valence electrons. The van der Waals surface area contributed by atoms with Crippen molar-refractivity contribution in [2.75, 3.05) is 13.2 Å². The van der Waals surface area contributed by atoms with Gasteiger partial charge in [-0.15, -0.1) is 0 Å². The van der Waals surface area contributed by atoms with Crippen molar-refractivity contribution in [3.8, 4) is 0 Å². The summed E-state index contributed by atoms with van der Waals surface area (Å²) in [7, 11) is 0. The van der Waals surface area contributed by atoms with Crippen LogP contribution in [0.4, 0.5) is 0 Å². The van der Waals surface area contributed by atoms with Gasteiger partial charge in [0, 0.05) is 12.8 Å². The van der Waals surface area contributed by atoms with E-state index < -0.39 is 0 Å². The summed E-state index contributed by atoms with van der Waals surface area (Å²) in [5.41, 5.74) is 0. The molecule has 4 nitrogen and oxygen atoms in total. The number of esters is 2. The SMILES string of the molecule is CCCCCCCCCCCCCCCCCCCCCCCCCCCCCCOC(=O)CCCCC(=O)OCCCCCCCCCCCCCCCCCCCCCCCCCCCCCC. The van der Waals surface area contributed by atoms with Crippen molar-refractivity contribution in [2.45, 2.75) is 399 Å². The largest absolute Gasteiger partial charge is 0.466 e. The van der Waals surface area contributed by atoms with Crippen molar-refractivity contribution in [1.82, 2.24) is 0 Å². The molecule has 0 spiro atoms. The van der Waals surface area contributed by atoms with Gasteiger partial charge in [0.15, 0.2) is 0 Å². The van der Waals surface area contributed by atoms with Crippen LogP contribution in [0.25, 0.3) is 0 Å². The third-order valence-electron chi connectivity index (χ3n) is 15.5. The zero-order valence-electron chi connectivity index (χ0n) is 48.5. The van der Waals surface area contributed by atoms with Crippen LogP contribution in [0.5, 0.6) is 0 Å². The molecule has 0 aliphatic rings. The summed E-state index contributed by atoms with van der Waals surface area (Å²) in [6, 6.07) is 0. The van der Waals surface area contributed by atoms with E-state index in [-0.39, 0.29) is 11.9 Å². The lowest BCUT2D eigenvalue weighted by Gasteiger charge is -2.06. The Morgan fingerprint density at radius 2 is 0.314 bits per heavy atom. The number of ether oxygens (including phenoxy) is 2. The standard InChI is InChI=1S/C66H130O4/c1-3-5-7-9-11-13-15-17-19-21-23-25-27-29-31-33-35-37-39-41-43-45-47-49-51-53-55-59-63-69-65(67)61-57-58-62-66(68)70-64-60-56-54-52-50-48-46-44-42-40-38-36-34-32-30-28-26-24-22-20-18-16-14-12-10-8-6-4-2/h3-64H2,1-2H3. The van der Waals surface area contributed by atoms with Gasteiger partial charge in [0.1, 0.15) is 0 Å². The van der Waals surface area contributed by atoms with Crippen LogP contribution in [0, 0.1) is 0 Å². The van der Waals surface area contributed by atoms with Crippen LogP contribution in [0.1, 0.15) is 399 Å². The first kappa shape index (κ1) is 68.9. The molecule has 0 amide bonds. The number of hydrogen-bond acceptors (Lipinski definition) is 4. The van der Waals surface area contributed by atoms with Crippen LogP contribution in [0.3, 0.4) is 0 Å². The Morgan fingerprint density at radius 3 is 0.457 bits per heavy atom. The molecule has 0 saturated carbocycles. The van der Waals surface area contributed by atoms with Crippen LogP contribution in [-0.2, 0) is 19.1 Å². The van der Waals surface area contributed by atoms with Gasteiger partial charge in [0.2, 0.25) is 0 Å². The Balaban J connectivity index is 3.21. The molecule has 0 atom stereocenters. The van der Waals surface area contributed by atoms with Crippen molar-refractivity contribution in [3.63, 3.8) is 0 Å². The van der Waals surface area contributed by atoms with Crippen molar-refractivity contribution in [3.05, 3.63) is 0 Å². The lowest BCUT2D eigenvalue weighted by atomic mass is 10.0. The van der Waals surface area contributed by atoms with E-state index in [1.54, 1.807) is 0 Å². The summed E-state index contributed by atoms with van der Waals surface area (Å²) < 4.78 is 10.9. The van der Waals surface area contributed by atoms with Gasteiger partial charge >= 0.3 is 11.9 Å². The summed E-state index contributed by atoms with van der Waals surface area (Å²) in [5, 5.41) is 0. The van der Waals surface area contributed by atoms with E-state index in [1.165, 1.54) is 334 Å². The quantitative estimate of drug-likeness (QED) is 0.0450. The van der Waals surface area contributed by atoms with Crippen LogP contribution in [0.2, 0.25) is 0 Å². The molecule has 0 aromatic carbocycles. The smallest absolute Gasteiger partial charge is 0.305 e. The lowest BCUT2D eigenvalue weighted by Crippen LogP contribution is -2.08. The van der Waals surface area contributed by atoms with Gasteiger partial charge in [-0.05, 0) is 25.7 Å². The second kappa shape index (κ2) is 64.1. The predicted octanol–water partition coefficient (Wildman–Crippen LogP) is 23.5. The number of carbonyl (C=O) groups excluding carboxylic acids is 2. The molecule has 0 radical (unpaired) electrons. The van der Waals surface area contributed by atoms with Gasteiger partial charge < -0.3 is 9.47 Å². The Labute approximate surface area is 441 Å². The second-order valence-electron chi connectivity index (χ2n) is 22.7. The molecule has 0 heterocycles. The van der Waals surface area contributed by atoms with Gasteiger partial charge in [-0.3, -0.25) is 9.59 Å². The molecule has 0 rings (SSSR count). The molecule has 0 bridgehead atoms. The molecule has 0 aromatic heterocycles. The van der Waals surface area contributed by atoms with E-state index >= 15 is 0 Å². The second-order valence-corrected chi connectivity index (χ2v) is 22.7. The Bertz CT molecular complexity index is 888. The van der Waals surface area contributed by atoms with E-state index in [9.17, 15) is 9.59 Å². The van der Waals surface area contributed by atoms with E-state index in [0.717, 1.165) is 25.7 Å². The summed E-state index contributed by atoms with van der Waals surface area (Å²) in [4.78, 5) is 24.2. The zero-order valence-corrected chi connectivity index (χ0v) is 48.5. The van der Waals surface area contributed by atoms with E-state index in [2.05, 4.69) is 13.8 Å². The van der Waals surface area contributed by atoms with Crippen LogP contribution < -0.4 is 0 Å². The molecular formula is C66H130O4. The summed E-state index contributed by atoms with van der Waals surface area (Å²) in [6.45, 7) is 5.69. The molecule has 0 saturated heterocycles. The minimum Gasteiger partial charge on any atom is -0.466 e. The van der Waals surface area contributed by atoms with Crippen LogP contribution in [0.15, 0.2) is 0 Å². The molecule has 0 aliphatic carbocycles. The number of hydrogen-bond donors (Lipinski definition) is 0. The number of unbranched alkanes of at least 4 members (excludes halogenated alkanes) is 55. The van der Waals surface area contributed by atoms with Gasteiger partial charge in [-0.1, -0.05) is 361 Å². The van der Waals surface area contributed by atoms with Gasteiger partial charge in [0.25, 0.3) is 0 Å². The average Bonchev–Trinajstić information content (AvgIpc) is 3.36. The monoisotopic (exact) mass is 987 g/mol. The molecule has 0 unspecified atom stereocenters. The van der Waals surface area contributed by atoms with Crippen LogP contribution >= 0.6 is 0 Å². The van der Waals surface area contributed by atoms with E-state index in [4.69, 9.17) is 9.47 Å². The minimum absolute atomic E-state index is 0.116. The van der Waals surface area contributed by atoms with E-state index in [1.807, 2.05) is 0 Å². The summed E-state index contributed by atoms with van der Waals surface area (Å²) >= 11 is 0. The maximum atomic E-state index is 12.1. The molecule has 0 fully saturated rings. The maximum Gasteiger partial charge on any atom is 0.305 e. The molecular weight excluding hydrogens is 857 g/mol. The van der Waals surface area contributed by atoms with E-state index in [0.29, 0.717) is 38.9 Å². The predicted molar refractivity (Wildman–Crippen MR) is 310 cm³/mol. The highest BCUT2D eigenvalue weighted by atomic mass is 16.5. The highest BCUT2D eigenvalue weighted by molar-refractivity contribution is 5.70. The summed E-state index contributed by atoms with van der Waals surface area (Å²) in [5.74, 6) is -0.233. The first-order valence-corrected chi connectivity index (χ1v) is 33.0. The zero-order chi connectivity index (χ0) is 50.4. The fraction of sp³-hybridized carbons (Fsp3) is 0.970. The molecule has 70 heavy (non-hydrogen) atoms. The maximum absolute atomic E-state index is 12.1. The number of rotatable bonds is 63.